The van der Waals surface area contributed by atoms with Crippen molar-refractivity contribution in [1.29, 1.82) is 0 Å². The van der Waals surface area contributed by atoms with E-state index in [9.17, 15) is 0 Å². The fraction of sp³-hybridized carbons (Fsp3) is 1.00. The minimum Gasteiger partial charge on any atom is -0.315 e. The molecule has 0 aliphatic carbocycles. The Labute approximate surface area is 191 Å². The Morgan fingerprint density at radius 3 is 0.968 bits per heavy atom. The summed E-state index contributed by atoms with van der Waals surface area (Å²) in [6, 6.07) is 0. The molecule has 0 amide bonds. The fourth-order valence-electron chi connectivity index (χ4n) is 4.36. The van der Waals surface area contributed by atoms with Crippen LogP contribution in [0.2, 0.25) is 0 Å². The summed E-state index contributed by atoms with van der Waals surface area (Å²) < 4.78 is 0. The van der Waals surface area contributed by atoms with Crippen molar-refractivity contribution in [3.63, 3.8) is 0 Å². The van der Waals surface area contributed by atoms with Gasteiger partial charge in [0, 0.05) is 52.4 Å². The van der Waals surface area contributed by atoms with Crippen LogP contribution in [-0.4, -0.2) is 105 Å². The highest BCUT2D eigenvalue weighted by Gasteiger charge is 2.12. The van der Waals surface area contributed by atoms with Crippen LogP contribution < -0.4 is 42.5 Å². The van der Waals surface area contributed by atoms with Gasteiger partial charge >= 0.3 is 0 Å². The first-order valence-electron chi connectivity index (χ1n) is 13.1. The van der Waals surface area contributed by atoms with Crippen molar-refractivity contribution in [2.45, 2.75) is 32.1 Å². The molecule has 8 heteroatoms. The van der Waals surface area contributed by atoms with E-state index in [1.54, 1.807) is 0 Å². The molecule has 0 aromatic heterocycles. The van der Waals surface area contributed by atoms with E-state index in [0.717, 1.165) is 117 Å². The number of hydrogen-bond acceptors (Lipinski definition) is 8. The Hall–Kier alpha value is -0.320. The van der Waals surface area contributed by atoms with Crippen LogP contribution in [0.3, 0.4) is 0 Å². The van der Waals surface area contributed by atoms with Gasteiger partial charge in [-0.25, -0.2) is 0 Å². The summed E-state index contributed by atoms with van der Waals surface area (Å²) in [5.74, 6) is 1.44. The molecule has 2 heterocycles. The van der Waals surface area contributed by atoms with Crippen LogP contribution in [-0.2, 0) is 0 Å². The van der Waals surface area contributed by atoms with E-state index in [0.29, 0.717) is 0 Å². The van der Waals surface area contributed by atoms with Crippen molar-refractivity contribution in [1.82, 2.24) is 42.5 Å². The lowest BCUT2D eigenvalue weighted by atomic mass is 9.95. The lowest BCUT2D eigenvalue weighted by molar-refractivity contribution is 0.356. The van der Waals surface area contributed by atoms with Gasteiger partial charge in [0.1, 0.15) is 0 Å². The SMILES string of the molecule is C1CNCCNCC(CCCC2CNCCNCCCNCCNC2)CNCCNC1. The van der Waals surface area contributed by atoms with Gasteiger partial charge in [-0.1, -0.05) is 6.42 Å². The van der Waals surface area contributed by atoms with E-state index in [1.807, 2.05) is 0 Å². The molecule has 184 valence electrons. The Balaban J connectivity index is 1.67. The normalized spacial score (nSPS) is 24.8. The van der Waals surface area contributed by atoms with Gasteiger partial charge < -0.3 is 42.5 Å². The van der Waals surface area contributed by atoms with Crippen molar-refractivity contribution in [3.8, 4) is 0 Å². The highest BCUT2D eigenvalue weighted by atomic mass is 15.0. The Bertz CT molecular complexity index is 323. The highest BCUT2D eigenvalue weighted by molar-refractivity contribution is 4.72. The summed E-state index contributed by atoms with van der Waals surface area (Å²) in [5, 5.41) is 28.9. The molecule has 2 aliphatic heterocycles. The van der Waals surface area contributed by atoms with Gasteiger partial charge in [0.2, 0.25) is 0 Å². The molecule has 31 heavy (non-hydrogen) atoms. The summed E-state index contributed by atoms with van der Waals surface area (Å²) in [6.45, 7) is 17.5. The molecule has 0 saturated carbocycles. The molecule has 2 fully saturated rings. The molecule has 0 bridgehead atoms. The first-order valence-corrected chi connectivity index (χ1v) is 13.1. The Kier molecular flexibility index (Phi) is 17.6. The second kappa shape index (κ2) is 20.3. The van der Waals surface area contributed by atoms with E-state index in [1.165, 1.54) is 32.1 Å². The molecule has 8 nitrogen and oxygen atoms in total. The van der Waals surface area contributed by atoms with Crippen LogP contribution in [0.1, 0.15) is 32.1 Å². The lowest BCUT2D eigenvalue weighted by Crippen LogP contribution is -2.39. The standard InChI is InChI=1S/C23H52N8/c1(4-22-18-28-14-10-24-6-2-7-25-11-15-29-19-22)5-23-20-30-16-12-26-8-3-9-27-13-17-31-21-23/h22-31H,1-21H2. The highest BCUT2D eigenvalue weighted by Crippen LogP contribution is 2.12. The molecular weight excluding hydrogens is 388 g/mol. The molecule has 0 unspecified atom stereocenters. The zero-order valence-electron chi connectivity index (χ0n) is 20.0. The molecular formula is C23H52N8. The van der Waals surface area contributed by atoms with Gasteiger partial charge in [-0.2, -0.15) is 0 Å². The topological polar surface area (TPSA) is 96.2 Å². The third-order valence-corrected chi connectivity index (χ3v) is 6.29. The number of rotatable bonds is 4. The molecule has 8 N–H and O–H groups in total. The number of nitrogens with one attached hydrogen (secondary N) is 8. The minimum absolute atomic E-state index is 0.718. The predicted octanol–water partition coefficient (Wildman–Crippen LogP) is -1.09. The van der Waals surface area contributed by atoms with Gasteiger partial charge in [-0.3, -0.25) is 0 Å². The van der Waals surface area contributed by atoms with Gasteiger partial charge in [-0.05, 0) is 89.9 Å². The van der Waals surface area contributed by atoms with E-state index >= 15 is 0 Å². The Morgan fingerprint density at radius 1 is 0.355 bits per heavy atom. The smallest absolute Gasteiger partial charge is 0.00768 e. The molecule has 0 atom stereocenters. The maximum Gasteiger partial charge on any atom is 0.00768 e. The quantitative estimate of drug-likeness (QED) is 0.280. The zero-order chi connectivity index (χ0) is 21.7. The third kappa shape index (κ3) is 16.0. The van der Waals surface area contributed by atoms with Crippen LogP contribution >= 0.6 is 0 Å². The second-order valence-corrected chi connectivity index (χ2v) is 9.19. The van der Waals surface area contributed by atoms with E-state index < -0.39 is 0 Å². The maximum absolute atomic E-state index is 3.68. The molecule has 0 aromatic rings. The minimum atomic E-state index is 0.718. The van der Waals surface area contributed by atoms with E-state index in [-0.39, 0.29) is 0 Å². The first-order chi connectivity index (χ1) is 15.4. The van der Waals surface area contributed by atoms with E-state index in [2.05, 4.69) is 42.5 Å². The molecule has 2 rings (SSSR count). The number of hydrogen-bond donors (Lipinski definition) is 8. The van der Waals surface area contributed by atoms with E-state index in [4.69, 9.17) is 0 Å². The van der Waals surface area contributed by atoms with Crippen molar-refractivity contribution in [2.75, 3.05) is 105 Å². The maximum atomic E-state index is 3.68. The monoisotopic (exact) mass is 440 g/mol. The summed E-state index contributed by atoms with van der Waals surface area (Å²) in [4.78, 5) is 0. The molecule has 2 aliphatic rings. The van der Waals surface area contributed by atoms with Gasteiger partial charge in [0.15, 0.2) is 0 Å². The fourth-order valence-corrected chi connectivity index (χ4v) is 4.36. The zero-order valence-corrected chi connectivity index (χ0v) is 20.0. The van der Waals surface area contributed by atoms with Crippen molar-refractivity contribution in [3.05, 3.63) is 0 Å². The molecule has 0 aromatic carbocycles. The second-order valence-electron chi connectivity index (χ2n) is 9.19. The van der Waals surface area contributed by atoms with Crippen LogP contribution in [0.15, 0.2) is 0 Å². The van der Waals surface area contributed by atoms with Crippen LogP contribution in [0.5, 0.6) is 0 Å². The first kappa shape index (κ1) is 26.9. The largest absolute Gasteiger partial charge is 0.315 e. The summed E-state index contributed by atoms with van der Waals surface area (Å²) in [7, 11) is 0. The lowest BCUT2D eigenvalue weighted by Gasteiger charge is -2.22. The van der Waals surface area contributed by atoms with Crippen molar-refractivity contribution >= 4 is 0 Å². The van der Waals surface area contributed by atoms with Crippen LogP contribution in [0.4, 0.5) is 0 Å². The molecule has 0 spiro atoms. The van der Waals surface area contributed by atoms with Gasteiger partial charge in [0.25, 0.3) is 0 Å². The van der Waals surface area contributed by atoms with Crippen LogP contribution in [0.25, 0.3) is 0 Å². The summed E-state index contributed by atoms with van der Waals surface area (Å²) >= 11 is 0. The Morgan fingerprint density at radius 2 is 0.645 bits per heavy atom. The van der Waals surface area contributed by atoms with Crippen molar-refractivity contribution in [2.24, 2.45) is 11.8 Å². The van der Waals surface area contributed by atoms with Crippen LogP contribution in [0, 0.1) is 11.8 Å². The molecule has 0 radical (unpaired) electrons. The molecule has 2 saturated heterocycles. The average Bonchev–Trinajstić information content (AvgIpc) is 2.78. The summed E-state index contributed by atoms with van der Waals surface area (Å²) in [6.07, 6.45) is 6.34. The van der Waals surface area contributed by atoms with Gasteiger partial charge in [0.05, 0.1) is 0 Å². The summed E-state index contributed by atoms with van der Waals surface area (Å²) in [5.41, 5.74) is 0. The average molecular weight is 441 g/mol. The predicted molar refractivity (Wildman–Crippen MR) is 133 cm³/mol. The van der Waals surface area contributed by atoms with Crippen molar-refractivity contribution < 1.29 is 0 Å². The third-order valence-electron chi connectivity index (χ3n) is 6.29. The van der Waals surface area contributed by atoms with Gasteiger partial charge in [-0.15, -0.1) is 0 Å².